The molecule has 1 unspecified atom stereocenters. The summed E-state index contributed by atoms with van der Waals surface area (Å²) in [6.07, 6.45) is 0. The minimum Gasteiger partial charge on any atom is -0.384 e. The zero-order valence-electron chi connectivity index (χ0n) is 10.8. The summed E-state index contributed by atoms with van der Waals surface area (Å²) in [4.78, 5) is 0. The van der Waals surface area contributed by atoms with Gasteiger partial charge in [-0.05, 0) is 36.8 Å². The smallest absolute Gasteiger partial charge is 0.104 e. The lowest BCUT2D eigenvalue weighted by atomic mass is 9.96. The molecule has 2 rings (SSSR count). The lowest BCUT2D eigenvalue weighted by Gasteiger charge is -2.24. The third kappa shape index (κ3) is 3.34. The molecule has 1 atom stereocenters. The van der Waals surface area contributed by atoms with E-state index in [1.165, 1.54) is 0 Å². The van der Waals surface area contributed by atoms with Gasteiger partial charge in [-0.3, -0.25) is 0 Å². The highest BCUT2D eigenvalue weighted by Crippen LogP contribution is 2.21. The van der Waals surface area contributed by atoms with E-state index in [9.17, 15) is 5.11 Å². The van der Waals surface area contributed by atoms with Gasteiger partial charge >= 0.3 is 0 Å². The Hall–Kier alpha value is -2.31. The minimum atomic E-state index is -0.935. The molecule has 0 aliphatic carbocycles. The highest BCUT2D eigenvalue weighted by molar-refractivity contribution is 5.47. The Morgan fingerprint density at radius 1 is 1.11 bits per heavy atom. The van der Waals surface area contributed by atoms with E-state index in [0.29, 0.717) is 12.1 Å². The van der Waals surface area contributed by atoms with Crippen molar-refractivity contribution in [2.24, 2.45) is 0 Å². The molecule has 2 aromatic rings. The summed E-state index contributed by atoms with van der Waals surface area (Å²) in [6.45, 7) is 2.18. The summed E-state index contributed by atoms with van der Waals surface area (Å²) < 4.78 is 0. The van der Waals surface area contributed by atoms with Gasteiger partial charge in [-0.15, -0.1) is 0 Å². The van der Waals surface area contributed by atoms with E-state index in [1.807, 2.05) is 42.5 Å². The Balaban J connectivity index is 2.03. The van der Waals surface area contributed by atoms with Crippen LogP contribution in [0, 0.1) is 11.3 Å². The molecule has 3 nitrogen and oxygen atoms in total. The lowest BCUT2D eigenvalue weighted by Crippen LogP contribution is -2.30. The quantitative estimate of drug-likeness (QED) is 0.879. The van der Waals surface area contributed by atoms with Gasteiger partial charge in [0.05, 0.1) is 11.6 Å². The van der Waals surface area contributed by atoms with Crippen molar-refractivity contribution < 1.29 is 5.11 Å². The lowest BCUT2D eigenvalue weighted by molar-refractivity contribution is 0.0715. The minimum absolute atomic E-state index is 0.406. The number of nitrogens with one attached hydrogen (secondary N) is 1. The van der Waals surface area contributed by atoms with Crippen LogP contribution in [0.3, 0.4) is 0 Å². The molecule has 0 fully saturated rings. The molecule has 0 bridgehead atoms. The van der Waals surface area contributed by atoms with Gasteiger partial charge in [-0.1, -0.05) is 30.3 Å². The van der Waals surface area contributed by atoms with Crippen molar-refractivity contribution in [3.05, 3.63) is 65.7 Å². The zero-order valence-corrected chi connectivity index (χ0v) is 10.8. The Kier molecular flexibility index (Phi) is 3.84. The fraction of sp³-hybridized carbons (Fsp3) is 0.188. The van der Waals surface area contributed by atoms with Crippen molar-refractivity contribution in [2.75, 3.05) is 11.9 Å². The van der Waals surface area contributed by atoms with Gasteiger partial charge in [0.15, 0.2) is 0 Å². The van der Waals surface area contributed by atoms with Gasteiger partial charge in [0.2, 0.25) is 0 Å². The van der Waals surface area contributed by atoms with E-state index in [4.69, 9.17) is 5.26 Å². The molecule has 2 N–H and O–H groups in total. The van der Waals surface area contributed by atoms with Crippen molar-refractivity contribution in [1.82, 2.24) is 0 Å². The Morgan fingerprint density at radius 2 is 1.74 bits per heavy atom. The number of rotatable bonds is 4. The van der Waals surface area contributed by atoms with Crippen molar-refractivity contribution in [1.29, 1.82) is 5.26 Å². The molecule has 0 aromatic heterocycles. The zero-order chi connectivity index (χ0) is 13.7. The normalized spacial score (nSPS) is 13.3. The first-order valence-corrected chi connectivity index (χ1v) is 6.14. The second kappa shape index (κ2) is 5.55. The Morgan fingerprint density at radius 3 is 2.32 bits per heavy atom. The molecule has 0 saturated carbocycles. The van der Waals surface area contributed by atoms with Crippen molar-refractivity contribution >= 4 is 5.69 Å². The highest BCUT2D eigenvalue weighted by atomic mass is 16.3. The van der Waals surface area contributed by atoms with Gasteiger partial charge < -0.3 is 10.4 Å². The summed E-state index contributed by atoms with van der Waals surface area (Å²) in [6, 6.07) is 18.8. The number of benzene rings is 2. The van der Waals surface area contributed by atoms with Crippen LogP contribution in [0.15, 0.2) is 54.6 Å². The average Bonchev–Trinajstić information content (AvgIpc) is 2.47. The first kappa shape index (κ1) is 13.1. The molecule has 0 radical (unpaired) electrons. The SMILES string of the molecule is CC(O)(CNc1ccc(C#N)cc1)c1ccccc1. The molecule has 0 heterocycles. The molecule has 2 aromatic carbocycles. The summed E-state index contributed by atoms with van der Waals surface area (Å²) in [5, 5.41) is 22.3. The Labute approximate surface area is 113 Å². The van der Waals surface area contributed by atoms with Gasteiger partial charge in [-0.25, -0.2) is 0 Å². The molecule has 0 aliphatic rings. The van der Waals surface area contributed by atoms with E-state index in [1.54, 1.807) is 19.1 Å². The second-order valence-corrected chi connectivity index (χ2v) is 4.68. The summed E-state index contributed by atoms with van der Waals surface area (Å²) in [5.74, 6) is 0. The molecule has 0 amide bonds. The van der Waals surface area contributed by atoms with Crippen LogP contribution in [-0.2, 0) is 5.60 Å². The number of anilines is 1. The predicted octanol–water partition coefficient (Wildman–Crippen LogP) is 2.88. The highest BCUT2D eigenvalue weighted by Gasteiger charge is 2.22. The number of hydrogen-bond donors (Lipinski definition) is 2. The van der Waals surface area contributed by atoms with E-state index >= 15 is 0 Å². The number of aliphatic hydroxyl groups is 1. The molecular weight excluding hydrogens is 236 g/mol. The molecule has 19 heavy (non-hydrogen) atoms. The van der Waals surface area contributed by atoms with Gasteiger partial charge in [0.1, 0.15) is 5.60 Å². The van der Waals surface area contributed by atoms with Crippen molar-refractivity contribution in [3.63, 3.8) is 0 Å². The van der Waals surface area contributed by atoms with Crippen LogP contribution >= 0.6 is 0 Å². The van der Waals surface area contributed by atoms with Crippen LogP contribution in [0.5, 0.6) is 0 Å². The van der Waals surface area contributed by atoms with Gasteiger partial charge in [0.25, 0.3) is 0 Å². The maximum absolute atomic E-state index is 10.4. The summed E-state index contributed by atoms with van der Waals surface area (Å²) in [7, 11) is 0. The first-order valence-electron chi connectivity index (χ1n) is 6.14. The molecular formula is C16H16N2O. The standard InChI is InChI=1S/C16H16N2O/c1-16(19,14-5-3-2-4-6-14)12-18-15-9-7-13(11-17)8-10-15/h2-10,18-19H,12H2,1H3. The van der Waals surface area contributed by atoms with Crippen LogP contribution in [0.2, 0.25) is 0 Å². The molecule has 0 spiro atoms. The van der Waals surface area contributed by atoms with E-state index in [2.05, 4.69) is 11.4 Å². The van der Waals surface area contributed by atoms with Gasteiger partial charge in [-0.2, -0.15) is 5.26 Å². The largest absolute Gasteiger partial charge is 0.384 e. The van der Waals surface area contributed by atoms with Crippen LogP contribution < -0.4 is 5.32 Å². The van der Waals surface area contributed by atoms with Crippen LogP contribution in [-0.4, -0.2) is 11.7 Å². The molecule has 0 saturated heterocycles. The van der Waals surface area contributed by atoms with E-state index < -0.39 is 5.60 Å². The Bertz CT molecular complexity index is 568. The fourth-order valence-electron chi connectivity index (χ4n) is 1.84. The maximum atomic E-state index is 10.4. The monoisotopic (exact) mass is 252 g/mol. The van der Waals surface area contributed by atoms with E-state index in [-0.39, 0.29) is 0 Å². The number of nitriles is 1. The molecule has 3 heteroatoms. The fourth-order valence-corrected chi connectivity index (χ4v) is 1.84. The van der Waals surface area contributed by atoms with Crippen LogP contribution in [0.1, 0.15) is 18.1 Å². The third-order valence-electron chi connectivity index (χ3n) is 3.05. The molecule has 0 aliphatic heterocycles. The third-order valence-corrected chi connectivity index (χ3v) is 3.05. The molecule has 96 valence electrons. The van der Waals surface area contributed by atoms with Crippen LogP contribution in [0.4, 0.5) is 5.69 Å². The number of nitrogens with zero attached hydrogens (tertiary/aromatic N) is 1. The predicted molar refractivity (Wildman–Crippen MR) is 75.7 cm³/mol. The second-order valence-electron chi connectivity index (χ2n) is 4.68. The van der Waals surface area contributed by atoms with E-state index in [0.717, 1.165) is 11.3 Å². The van der Waals surface area contributed by atoms with Crippen molar-refractivity contribution in [3.8, 4) is 6.07 Å². The van der Waals surface area contributed by atoms with Crippen molar-refractivity contribution in [2.45, 2.75) is 12.5 Å². The average molecular weight is 252 g/mol. The first-order chi connectivity index (χ1) is 9.12. The number of hydrogen-bond acceptors (Lipinski definition) is 3. The topological polar surface area (TPSA) is 56.0 Å². The van der Waals surface area contributed by atoms with Crippen LogP contribution in [0.25, 0.3) is 0 Å². The van der Waals surface area contributed by atoms with Gasteiger partial charge in [0, 0.05) is 12.2 Å². The summed E-state index contributed by atoms with van der Waals surface area (Å²) >= 11 is 0. The summed E-state index contributed by atoms with van der Waals surface area (Å²) in [5.41, 5.74) is 1.45. The maximum Gasteiger partial charge on any atom is 0.104 e.